The summed E-state index contributed by atoms with van der Waals surface area (Å²) in [5.41, 5.74) is 1.10. The second-order valence-corrected chi connectivity index (χ2v) is 6.40. The molecule has 1 aromatic rings. The summed E-state index contributed by atoms with van der Waals surface area (Å²) in [6.07, 6.45) is 4.12. The molecular weight excluding hydrogens is 279 g/mol. The summed E-state index contributed by atoms with van der Waals surface area (Å²) >= 11 is 0. The van der Waals surface area contributed by atoms with Gasteiger partial charge in [0, 0.05) is 19.1 Å². The van der Waals surface area contributed by atoms with Gasteiger partial charge in [0.15, 0.2) is 0 Å². The van der Waals surface area contributed by atoms with Crippen molar-refractivity contribution in [2.75, 3.05) is 13.1 Å². The Morgan fingerprint density at radius 1 is 1.41 bits per heavy atom. The van der Waals surface area contributed by atoms with Crippen LogP contribution in [0.3, 0.4) is 0 Å². The first-order chi connectivity index (χ1) is 10.6. The molecule has 0 bridgehead atoms. The van der Waals surface area contributed by atoms with Crippen LogP contribution in [0.15, 0.2) is 24.3 Å². The molecule has 1 amide bonds. The third-order valence-corrected chi connectivity index (χ3v) is 4.31. The zero-order valence-corrected chi connectivity index (χ0v) is 13.6. The van der Waals surface area contributed by atoms with Crippen LogP contribution in [-0.4, -0.2) is 29.9 Å². The van der Waals surface area contributed by atoms with Gasteiger partial charge in [-0.05, 0) is 50.4 Å². The van der Waals surface area contributed by atoms with E-state index in [-0.39, 0.29) is 23.7 Å². The molecule has 122 valence electrons. The molecule has 1 saturated heterocycles. The van der Waals surface area contributed by atoms with E-state index in [1.54, 1.807) is 0 Å². The first-order valence-electron chi connectivity index (χ1n) is 8.35. The molecule has 0 saturated carbocycles. The number of benzene rings is 1. The lowest BCUT2D eigenvalue weighted by atomic mass is 9.96. The average molecular weight is 306 g/mol. The van der Waals surface area contributed by atoms with E-state index in [0.29, 0.717) is 0 Å². The van der Waals surface area contributed by atoms with Gasteiger partial charge < -0.3 is 5.32 Å². The Bertz CT molecular complexity index is 474. The summed E-state index contributed by atoms with van der Waals surface area (Å²) in [6.45, 7) is 6.79. The minimum absolute atomic E-state index is 0.0773. The number of amides is 1. The van der Waals surface area contributed by atoms with Crippen LogP contribution >= 0.6 is 0 Å². The van der Waals surface area contributed by atoms with Crippen LogP contribution in [0.2, 0.25) is 0 Å². The van der Waals surface area contributed by atoms with Gasteiger partial charge in [0.2, 0.25) is 5.91 Å². The van der Waals surface area contributed by atoms with Gasteiger partial charge in [-0.25, -0.2) is 4.39 Å². The zero-order chi connectivity index (χ0) is 15.9. The van der Waals surface area contributed by atoms with Crippen LogP contribution in [-0.2, 0) is 11.3 Å². The first-order valence-corrected chi connectivity index (χ1v) is 8.35. The van der Waals surface area contributed by atoms with Gasteiger partial charge in [0.1, 0.15) is 5.82 Å². The molecular formula is C18H27FN2O. The molecule has 22 heavy (non-hydrogen) atoms. The van der Waals surface area contributed by atoms with Crippen molar-refractivity contribution in [1.29, 1.82) is 0 Å². The van der Waals surface area contributed by atoms with Gasteiger partial charge in [-0.3, -0.25) is 9.69 Å². The largest absolute Gasteiger partial charge is 0.353 e. The van der Waals surface area contributed by atoms with Crippen molar-refractivity contribution in [3.05, 3.63) is 35.6 Å². The molecule has 3 nitrogen and oxygen atoms in total. The maximum atomic E-state index is 13.0. The predicted octanol–water partition coefficient (Wildman–Crippen LogP) is 3.34. The lowest BCUT2D eigenvalue weighted by Gasteiger charge is -2.32. The SMILES string of the molecule is CCCC(C)NC(=O)C1CCCN(Cc2ccc(F)cc2)C1. The van der Waals surface area contributed by atoms with E-state index in [2.05, 4.69) is 24.1 Å². The highest BCUT2D eigenvalue weighted by atomic mass is 19.1. The minimum atomic E-state index is -0.204. The predicted molar refractivity (Wildman–Crippen MR) is 86.9 cm³/mol. The smallest absolute Gasteiger partial charge is 0.224 e. The standard InChI is InChI=1S/C18H27FN2O/c1-3-5-14(2)20-18(22)16-6-4-11-21(13-16)12-15-7-9-17(19)10-8-15/h7-10,14,16H,3-6,11-13H2,1-2H3,(H,20,22). The molecule has 1 aliphatic heterocycles. The van der Waals surface area contributed by atoms with Crippen molar-refractivity contribution in [2.24, 2.45) is 5.92 Å². The molecule has 1 fully saturated rings. The van der Waals surface area contributed by atoms with Gasteiger partial charge in [0.05, 0.1) is 5.92 Å². The van der Waals surface area contributed by atoms with Gasteiger partial charge in [-0.15, -0.1) is 0 Å². The topological polar surface area (TPSA) is 32.3 Å². The number of halogens is 1. The molecule has 1 aliphatic rings. The number of carbonyl (C=O) groups excluding carboxylic acids is 1. The van der Waals surface area contributed by atoms with Crippen LogP contribution in [0.1, 0.15) is 45.1 Å². The number of piperidine rings is 1. The zero-order valence-electron chi connectivity index (χ0n) is 13.6. The molecule has 0 radical (unpaired) electrons. The summed E-state index contributed by atoms with van der Waals surface area (Å²) < 4.78 is 13.0. The molecule has 1 heterocycles. The fourth-order valence-electron chi connectivity index (χ4n) is 3.13. The fraction of sp³-hybridized carbons (Fsp3) is 0.611. The number of carbonyl (C=O) groups is 1. The summed E-state index contributed by atoms with van der Waals surface area (Å²) in [4.78, 5) is 14.6. The normalized spacial score (nSPS) is 20.6. The summed E-state index contributed by atoms with van der Waals surface area (Å²) in [5, 5.41) is 3.13. The van der Waals surface area contributed by atoms with Crippen molar-refractivity contribution in [3.63, 3.8) is 0 Å². The minimum Gasteiger partial charge on any atom is -0.353 e. The molecule has 2 unspecified atom stereocenters. The van der Waals surface area contributed by atoms with E-state index in [4.69, 9.17) is 0 Å². The molecule has 1 N–H and O–H groups in total. The first kappa shape index (κ1) is 16.9. The second kappa shape index (κ2) is 8.28. The van der Waals surface area contributed by atoms with Gasteiger partial charge in [0.25, 0.3) is 0 Å². The van der Waals surface area contributed by atoms with Gasteiger partial charge in [-0.2, -0.15) is 0 Å². The fourth-order valence-corrected chi connectivity index (χ4v) is 3.13. The van der Waals surface area contributed by atoms with Crippen LogP contribution in [0.25, 0.3) is 0 Å². The maximum absolute atomic E-state index is 13.0. The highest BCUT2D eigenvalue weighted by Gasteiger charge is 2.26. The van der Waals surface area contributed by atoms with Gasteiger partial charge in [-0.1, -0.05) is 25.5 Å². The van der Waals surface area contributed by atoms with Gasteiger partial charge >= 0.3 is 0 Å². The third kappa shape index (κ3) is 5.09. The number of rotatable bonds is 6. The molecule has 0 spiro atoms. The van der Waals surface area contributed by atoms with E-state index < -0.39 is 0 Å². The third-order valence-electron chi connectivity index (χ3n) is 4.31. The lowest BCUT2D eigenvalue weighted by Crippen LogP contribution is -2.45. The van der Waals surface area contributed by atoms with Crippen molar-refractivity contribution >= 4 is 5.91 Å². The Kier molecular flexibility index (Phi) is 6.37. The quantitative estimate of drug-likeness (QED) is 0.874. The average Bonchev–Trinajstić information content (AvgIpc) is 2.50. The van der Waals surface area contributed by atoms with E-state index in [1.807, 2.05) is 12.1 Å². The molecule has 1 aromatic carbocycles. The number of hydrogen-bond acceptors (Lipinski definition) is 2. The molecule has 2 atom stereocenters. The van der Waals surface area contributed by atoms with Crippen molar-refractivity contribution in [3.8, 4) is 0 Å². The van der Waals surface area contributed by atoms with Crippen LogP contribution in [0, 0.1) is 11.7 Å². The Morgan fingerprint density at radius 2 is 2.14 bits per heavy atom. The summed E-state index contributed by atoms with van der Waals surface area (Å²) in [7, 11) is 0. The highest BCUT2D eigenvalue weighted by molar-refractivity contribution is 5.79. The van der Waals surface area contributed by atoms with Crippen molar-refractivity contribution < 1.29 is 9.18 Å². The lowest BCUT2D eigenvalue weighted by molar-refractivity contribution is -0.127. The van der Waals surface area contributed by atoms with E-state index in [1.165, 1.54) is 12.1 Å². The van der Waals surface area contributed by atoms with Crippen molar-refractivity contribution in [1.82, 2.24) is 10.2 Å². The molecule has 0 aliphatic carbocycles. The number of hydrogen-bond donors (Lipinski definition) is 1. The Hall–Kier alpha value is -1.42. The van der Waals surface area contributed by atoms with E-state index >= 15 is 0 Å². The Labute approximate surface area is 132 Å². The number of nitrogens with zero attached hydrogens (tertiary/aromatic N) is 1. The van der Waals surface area contributed by atoms with E-state index in [9.17, 15) is 9.18 Å². The highest BCUT2D eigenvalue weighted by Crippen LogP contribution is 2.19. The number of nitrogens with one attached hydrogen (secondary N) is 1. The Balaban J connectivity index is 1.85. The van der Waals surface area contributed by atoms with E-state index in [0.717, 1.165) is 50.9 Å². The molecule has 0 aromatic heterocycles. The van der Waals surface area contributed by atoms with Crippen LogP contribution < -0.4 is 5.32 Å². The summed E-state index contributed by atoms with van der Waals surface area (Å²) in [6, 6.07) is 6.89. The molecule has 2 rings (SSSR count). The summed E-state index contributed by atoms with van der Waals surface area (Å²) in [5.74, 6) is 0.0582. The Morgan fingerprint density at radius 3 is 2.82 bits per heavy atom. The second-order valence-electron chi connectivity index (χ2n) is 6.40. The van der Waals surface area contributed by atoms with Crippen LogP contribution in [0.4, 0.5) is 4.39 Å². The van der Waals surface area contributed by atoms with Crippen molar-refractivity contribution in [2.45, 2.75) is 52.1 Å². The maximum Gasteiger partial charge on any atom is 0.224 e. The van der Waals surface area contributed by atoms with Crippen LogP contribution in [0.5, 0.6) is 0 Å². The monoisotopic (exact) mass is 306 g/mol. The molecule has 4 heteroatoms. The number of likely N-dealkylation sites (tertiary alicyclic amines) is 1.